The van der Waals surface area contributed by atoms with Gasteiger partial charge in [-0.1, -0.05) is 20.8 Å². The molecule has 5 heteroatoms. The number of piperazine rings is 1. The Morgan fingerprint density at radius 2 is 1.37 bits per heavy atom. The predicted molar refractivity (Wildman–Crippen MR) is 108 cm³/mol. The number of hydrogen-bond donors (Lipinski definition) is 0. The van der Waals surface area contributed by atoms with E-state index in [1.165, 1.54) is 19.3 Å². The second-order valence-electron chi connectivity index (χ2n) is 9.96. The minimum absolute atomic E-state index is 0.227. The van der Waals surface area contributed by atoms with Crippen LogP contribution in [0, 0.1) is 17.3 Å². The summed E-state index contributed by atoms with van der Waals surface area (Å²) < 4.78 is 0. The molecule has 0 N–H and O–H groups in total. The van der Waals surface area contributed by atoms with E-state index in [-0.39, 0.29) is 11.8 Å². The Morgan fingerprint density at radius 3 is 1.93 bits per heavy atom. The fraction of sp³-hybridized carbons (Fsp3) is 0.909. The maximum Gasteiger partial charge on any atom is 0.236 e. The van der Waals surface area contributed by atoms with Gasteiger partial charge in [0.15, 0.2) is 0 Å². The number of hydrogen-bond acceptors (Lipinski definition) is 3. The molecule has 3 aliphatic rings. The van der Waals surface area contributed by atoms with Crippen LogP contribution in [0.4, 0.5) is 0 Å². The molecule has 2 amide bonds. The van der Waals surface area contributed by atoms with Crippen LogP contribution in [0.15, 0.2) is 0 Å². The topological polar surface area (TPSA) is 43.9 Å². The van der Waals surface area contributed by atoms with Gasteiger partial charge >= 0.3 is 0 Å². The van der Waals surface area contributed by atoms with Gasteiger partial charge in [-0.15, -0.1) is 0 Å². The van der Waals surface area contributed by atoms with Crippen LogP contribution in [0.5, 0.6) is 0 Å². The Bertz CT molecular complexity index is 506. The summed E-state index contributed by atoms with van der Waals surface area (Å²) in [5, 5.41) is 0. The number of carbonyl (C=O) groups is 2. The van der Waals surface area contributed by atoms with Crippen molar-refractivity contribution < 1.29 is 9.59 Å². The zero-order valence-electron chi connectivity index (χ0n) is 17.7. The number of piperidine rings is 1. The molecule has 3 fully saturated rings. The van der Waals surface area contributed by atoms with Gasteiger partial charge in [-0.25, -0.2) is 0 Å². The van der Waals surface area contributed by atoms with Gasteiger partial charge in [-0.3, -0.25) is 14.5 Å². The summed E-state index contributed by atoms with van der Waals surface area (Å²) >= 11 is 0. The van der Waals surface area contributed by atoms with E-state index in [2.05, 4.69) is 30.6 Å². The summed E-state index contributed by atoms with van der Waals surface area (Å²) in [7, 11) is 0. The number of amides is 2. The first-order chi connectivity index (χ1) is 12.8. The molecule has 3 rings (SSSR count). The molecule has 2 saturated heterocycles. The van der Waals surface area contributed by atoms with E-state index in [1.807, 2.05) is 4.90 Å². The monoisotopic (exact) mass is 377 g/mol. The van der Waals surface area contributed by atoms with E-state index in [0.29, 0.717) is 17.9 Å². The molecule has 2 aliphatic heterocycles. The molecule has 27 heavy (non-hydrogen) atoms. The van der Waals surface area contributed by atoms with Crippen LogP contribution in [-0.2, 0) is 9.59 Å². The Morgan fingerprint density at radius 1 is 0.778 bits per heavy atom. The Hall–Kier alpha value is -1.10. The standard InChI is InChI=1S/C22H39N3O2/c1-22(2,3)19-9-7-18(8-10-19)21(27)25-15-13-23(14-16-25)17-20(26)24-11-5-4-6-12-24/h18-19H,4-17H2,1-3H3. The third-order valence-electron chi connectivity index (χ3n) is 7.05. The van der Waals surface area contributed by atoms with Crippen LogP contribution in [-0.4, -0.2) is 72.3 Å². The zero-order valence-corrected chi connectivity index (χ0v) is 17.7. The molecule has 0 spiro atoms. The largest absolute Gasteiger partial charge is 0.342 e. The summed E-state index contributed by atoms with van der Waals surface area (Å²) in [6, 6.07) is 0. The average molecular weight is 378 g/mol. The molecule has 2 heterocycles. The van der Waals surface area contributed by atoms with Gasteiger partial charge in [0.2, 0.25) is 11.8 Å². The number of nitrogens with zero attached hydrogens (tertiary/aromatic N) is 3. The number of rotatable bonds is 3. The van der Waals surface area contributed by atoms with Gasteiger partial charge in [0.1, 0.15) is 0 Å². The van der Waals surface area contributed by atoms with Gasteiger partial charge in [-0.05, 0) is 56.3 Å². The summed E-state index contributed by atoms with van der Waals surface area (Å²) in [5.74, 6) is 1.61. The van der Waals surface area contributed by atoms with E-state index in [1.54, 1.807) is 0 Å². The van der Waals surface area contributed by atoms with Crippen LogP contribution in [0.1, 0.15) is 65.7 Å². The predicted octanol–water partition coefficient (Wildman–Crippen LogP) is 3.00. The second-order valence-corrected chi connectivity index (χ2v) is 9.96. The zero-order chi connectivity index (χ0) is 19.4. The molecule has 1 saturated carbocycles. The van der Waals surface area contributed by atoms with Crippen molar-refractivity contribution in [3.05, 3.63) is 0 Å². The lowest BCUT2D eigenvalue weighted by Crippen LogP contribution is -2.53. The van der Waals surface area contributed by atoms with Gasteiger partial charge in [0.05, 0.1) is 6.54 Å². The van der Waals surface area contributed by atoms with Crippen LogP contribution >= 0.6 is 0 Å². The molecule has 0 aromatic heterocycles. The van der Waals surface area contributed by atoms with E-state index >= 15 is 0 Å². The van der Waals surface area contributed by atoms with E-state index in [4.69, 9.17) is 0 Å². The lowest BCUT2D eigenvalue weighted by Gasteiger charge is -2.40. The second kappa shape index (κ2) is 8.93. The highest BCUT2D eigenvalue weighted by Crippen LogP contribution is 2.40. The van der Waals surface area contributed by atoms with Crippen LogP contribution in [0.3, 0.4) is 0 Å². The van der Waals surface area contributed by atoms with E-state index in [9.17, 15) is 9.59 Å². The van der Waals surface area contributed by atoms with Crippen molar-refractivity contribution in [1.29, 1.82) is 0 Å². The summed E-state index contributed by atoms with van der Waals surface area (Å²) in [6.07, 6.45) is 8.01. The quantitative estimate of drug-likeness (QED) is 0.759. The lowest BCUT2D eigenvalue weighted by atomic mass is 9.69. The molecular weight excluding hydrogens is 338 g/mol. The molecule has 0 atom stereocenters. The van der Waals surface area contributed by atoms with Crippen molar-refractivity contribution in [2.75, 3.05) is 45.8 Å². The first kappa shape index (κ1) is 20.6. The molecule has 0 aromatic carbocycles. The van der Waals surface area contributed by atoms with Crippen molar-refractivity contribution in [2.45, 2.75) is 65.7 Å². The molecule has 154 valence electrons. The molecule has 0 aromatic rings. The number of carbonyl (C=O) groups excluding carboxylic acids is 2. The normalized spacial score (nSPS) is 28.3. The highest BCUT2D eigenvalue weighted by atomic mass is 16.2. The van der Waals surface area contributed by atoms with Crippen molar-refractivity contribution in [3.8, 4) is 0 Å². The Kier molecular flexibility index (Phi) is 6.83. The minimum Gasteiger partial charge on any atom is -0.342 e. The summed E-state index contributed by atoms with van der Waals surface area (Å²) in [5.41, 5.74) is 0.362. The smallest absolute Gasteiger partial charge is 0.236 e. The molecule has 0 unspecified atom stereocenters. The highest BCUT2D eigenvalue weighted by molar-refractivity contribution is 5.79. The Labute approximate surface area is 165 Å². The summed E-state index contributed by atoms with van der Waals surface area (Å²) in [6.45, 7) is 12.6. The first-order valence-electron chi connectivity index (χ1n) is 11.1. The third kappa shape index (κ3) is 5.46. The molecule has 1 aliphatic carbocycles. The van der Waals surface area contributed by atoms with E-state index in [0.717, 1.165) is 70.9 Å². The molecule has 0 radical (unpaired) electrons. The maximum absolute atomic E-state index is 12.9. The molecular formula is C22H39N3O2. The van der Waals surface area contributed by atoms with Crippen molar-refractivity contribution in [2.24, 2.45) is 17.3 Å². The lowest BCUT2D eigenvalue weighted by molar-refractivity contribution is -0.139. The van der Waals surface area contributed by atoms with Crippen molar-refractivity contribution >= 4 is 11.8 Å². The molecule has 0 bridgehead atoms. The van der Waals surface area contributed by atoms with E-state index < -0.39 is 0 Å². The number of likely N-dealkylation sites (tertiary alicyclic amines) is 1. The third-order valence-corrected chi connectivity index (χ3v) is 7.05. The van der Waals surface area contributed by atoms with Crippen LogP contribution < -0.4 is 0 Å². The highest BCUT2D eigenvalue weighted by Gasteiger charge is 2.35. The van der Waals surface area contributed by atoms with Gasteiger partial charge in [0.25, 0.3) is 0 Å². The summed E-state index contributed by atoms with van der Waals surface area (Å²) in [4.78, 5) is 31.7. The van der Waals surface area contributed by atoms with Crippen molar-refractivity contribution in [3.63, 3.8) is 0 Å². The average Bonchev–Trinajstić information content (AvgIpc) is 2.68. The van der Waals surface area contributed by atoms with Gasteiger partial charge in [0, 0.05) is 45.2 Å². The first-order valence-corrected chi connectivity index (χ1v) is 11.1. The van der Waals surface area contributed by atoms with Crippen LogP contribution in [0.2, 0.25) is 0 Å². The SMILES string of the molecule is CC(C)(C)C1CCC(C(=O)N2CCN(CC(=O)N3CCCCC3)CC2)CC1. The minimum atomic E-state index is 0.227. The van der Waals surface area contributed by atoms with Crippen LogP contribution in [0.25, 0.3) is 0 Å². The maximum atomic E-state index is 12.9. The van der Waals surface area contributed by atoms with Crippen molar-refractivity contribution in [1.82, 2.24) is 14.7 Å². The molecule has 5 nitrogen and oxygen atoms in total. The van der Waals surface area contributed by atoms with Gasteiger partial charge in [-0.2, -0.15) is 0 Å². The fourth-order valence-corrected chi connectivity index (χ4v) is 5.03. The van der Waals surface area contributed by atoms with Gasteiger partial charge < -0.3 is 9.80 Å². The fourth-order valence-electron chi connectivity index (χ4n) is 5.03. The Balaban J connectivity index is 1.40.